The Morgan fingerprint density at radius 3 is 2.74 bits per heavy atom. The van der Waals surface area contributed by atoms with E-state index in [4.69, 9.17) is 4.52 Å². The van der Waals surface area contributed by atoms with E-state index in [0.717, 1.165) is 31.0 Å². The second kappa shape index (κ2) is 6.86. The number of hydrogen-bond donors (Lipinski definition) is 0. The Morgan fingerprint density at radius 2 is 2.04 bits per heavy atom. The van der Waals surface area contributed by atoms with E-state index in [1.165, 1.54) is 0 Å². The molecule has 0 N–H and O–H groups in total. The molecule has 10 heteroatoms. The minimum Gasteiger partial charge on any atom is -0.336 e. The number of carbonyl (C=O) groups excluding carboxylic acids is 1. The lowest BCUT2D eigenvalue weighted by Gasteiger charge is -2.32. The lowest BCUT2D eigenvalue weighted by Crippen LogP contribution is -2.41. The number of halogens is 2. The van der Waals surface area contributed by atoms with E-state index < -0.39 is 17.5 Å². The zero-order valence-corrected chi connectivity index (χ0v) is 14.5. The predicted molar refractivity (Wildman–Crippen MR) is 88.6 cm³/mol. The van der Waals surface area contributed by atoms with E-state index >= 15 is 0 Å². The maximum atomic E-state index is 13.4. The summed E-state index contributed by atoms with van der Waals surface area (Å²) < 4.78 is 33.6. The quantitative estimate of drug-likeness (QED) is 0.699. The number of rotatable bonds is 3. The SMILES string of the molecule is Cc1noc(-c2cn([C@H]3CCCN(C(=O)c4cc(F)cc(F)c4)C3)nn2)n1. The molecule has 3 heterocycles. The number of likely N-dealkylation sites (tertiary alicyclic amines) is 1. The third-order valence-electron chi connectivity index (χ3n) is 4.42. The molecule has 0 saturated carbocycles. The maximum absolute atomic E-state index is 13.4. The highest BCUT2D eigenvalue weighted by Gasteiger charge is 2.27. The minimum absolute atomic E-state index is 0.00577. The average Bonchev–Trinajstić information content (AvgIpc) is 3.29. The topological polar surface area (TPSA) is 89.9 Å². The third-order valence-corrected chi connectivity index (χ3v) is 4.42. The summed E-state index contributed by atoms with van der Waals surface area (Å²) in [5.41, 5.74) is 0.444. The van der Waals surface area contributed by atoms with Gasteiger partial charge in [0, 0.05) is 24.7 Å². The van der Waals surface area contributed by atoms with Crippen LogP contribution >= 0.6 is 0 Å². The van der Waals surface area contributed by atoms with Gasteiger partial charge in [0.25, 0.3) is 11.8 Å². The molecule has 0 unspecified atom stereocenters. The molecule has 3 aromatic rings. The highest BCUT2D eigenvalue weighted by Crippen LogP contribution is 2.24. The van der Waals surface area contributed by atoms with Crippen LogP contribution < -0.4 is 0 Å². The highest BCUT2D eigenvalue weighted by atomic mass is 19.1. The molecule has 27 heavy (non-hydrogen) atoms. The molecule has 1 aliphatic rings. The van der Waals surface area contributed by atoms with Gasteiger partial charge in [-0.2, -0.15) is 4.98 Å². The van der Waals surface area contributed by atoms with Crippen LogP contribution in [0.3, 0.4) is 0 Å². The van der Waals surface area contributed by atoms with Crippen molar-refractivity contribution in [2.24, 2.45) is 0 Å². The first-order chi connectivity index (χ1) is 13.0. The van der Waals surface area contributed by atoms with Crippen LogP contribution in [0.25, 0.3) is 11.6 Å². The Bertz CT molecular complexity index is 965. The third kappa shape index (κ3) is 3.55. The van der Waals surface area contributed by atoms with E-state index in [0.29, 0.717) is 24.6 Å². The zero-order valence-electron chi connectivity index (χ0n) is 14.5. The van der Waals surface area contributed by atoms with Gasteiger partial charge in [0.2, 0.25) is 0 Å². The summed E-state index contributed by atoms with van der Waals surface area (Å²) in [6, 6.07) is 2.72. The number of aryl methyl sites for hydroxylation is 1. The molecule has 0 spiro atoms. The standard InChI is InChI=1S/C17H16F2N6O2/c1-10-20-16(27-22-10)15-9-25(23-21-15)14-3-2-4-24(8-14)17(26)11-5-12(18)7-13(19)6-11/h5-7,9,14H,2-4,8H2,1H3/t14-/m0/s1. The first-order valence-corrected chi connectivity index (χ1v) is 8.47. The summed E-state index contributed by atoms with van der Waals surface area (Å²) in [5.74, 6) is -1.19. The summed E-state index contributed by atoms with van der Waals surface area (Å²) >= 11 is 0. The van der Waals surface area contributed by atoms with Crippen molar-refractivity contribution in [2.75, 3.05) is 13.1 Å². The molecule has 0 bridgehead atoms. The van der Waals surface area contributed by atoms with Crippen molar-refractivity contribution in [2.45, 2.75) is 25.8 Å². The molecule has 2 aromatic heterocycles. The van der Waals surface area contributed by atoms with E-state index in [9.17, 15) is 13.6 Å². The van der Waals surface area contributed by atoms with Crippen molar-refractivity contribution < 1.29 is 18.1 Å². The fourth-order valence-corrected chi connectivity index (χ4v) is 3.17. The summed E-state index contributed by atoms with van der Waals surface area (Å²) in [6.07, 6.45) is 3.23. The van der Waals surface area contributed by atoms with Crippen molar-refractivity contribution in [3.63, 3.8) is 0 Å². The van der Waals surface area contributed by atoms with Gasteiger partial charge >= 0.3 is 0 Å². The smallest absolute Gasteiger partial charge is 0.280 e. The number of aromatic nitrogens is 5. The van der Waals surface area contributed by atoms with Gasteiger partial charge in [-0.15, -0.1) is 5.10 Å². The van der Waals surface area contributed by atoms with Gasteiger partial charge in [0.15, 0.2) is 11.5 Å². The van der Waals surface area contributed by atoms with E-state index in [2.05, 4.69) is 20.5 Å². The molecular weight excluding hydrogens is 358 g/mol. The van der Waals surface area contributed by atoms with E-state index in [1.54, 1.807) is 22.7 Å². The number of hydrogen-bond acceptors (Lipinski definition) is 6. The van der Waals surface area contributed by atoms with Crippen molar-refractivity contribution in [3.8, 4) is 11.6 Å². The molecule has 1 amide bonds. The molecular formula is C17H16F2N6O2. The van der Waals surface area contributed by atoms with Crippen LogP contribution in [-0.4, -0.2) is 49.0 Å². The second-order valence-corrected chi connectivity index (χ2v) is 6.44. The molecule has 1 atom stereocenters. The van der Waals surface area contributed by atoms with Crippen molar-refractivity contribution in [1.29, 1.82) is 0 Å². The van der Waals surface area contributed by atoms with Crippen LogP contribution in [0.15, 0.2) is 28.9 Å². The van der Waals surface area contributed by atoms with Gasteiger partial charge in [0.1, 0.15) is 11.6 Å². The molecule has 1 aromatic carbocycles. The molecule has 140 valence electrons. The first-order valence-electron chi connectivity index (χ1n) is 8.47. The highest BCUT2D eigenvalue weighted by molar-refractivity contribution is 5.94. The number of amides is 1. The summed E-state index contributed by atoms with van der Waals surface area (Å²) in [6.45, 7) is 2.58. The number of carbonyl (C=O) groups is 1. The van der Waals surface area contributed by atoms with Crippen molar-refractivity contribution >= 4 is 5.91 Å². The van der Waals surface area contributed by atoms with Gasteiger partial charge in [-0.05, 0) is 31.9 Å². The van der Waals surface area contributed by atoms with Crippen LogP contribution in [0.2, 0.25) is 0 Å². The van der Waals surface area contributed by atoms with Gasteiger partial charge in [-0.25, -0.2) is 13.5 Å². The first kappa shape index (κ1) is 17.3. The molecule has 0 aliphatic carbocycles. The van der Waals surface area contributed by atoms with Crippen LogP contribution in [0.1, 0.15) is 35.1 Å². The van der Waals surface area contributed by atoms with Crippen molar-refractivity contribution in [1.82, 2.24) is 30.0 Å². The monoisotopic (exact) mass is 374 g/mol. The molecule has 4 rings (SSSR count). The van der Waals surface area contributed by atoms with Gasteiger partial charge in [-0.1, -0.05) is 10.4 Å². The molecule has 1 fully saturated rings. The van der Waals surface area contributed by atoms with Crippen LogP contribution in [0.5, 0.6) is 0 Å². The fraction of sp³-hybridized carbons (Fsp3) is 0.353. The Morgan fingerprint density at radius 1 is 1.26 bits per heavy atom. The normalized spacial score (nSPS) is 17.3. The summed E-state index contributed by atoms with van der Waals surface area (Å²) in [4.78, 5) is 18.3. The molecule has 0 radical (unpaired) electrons. The van der Waals surface area contributed by atoms with Crippen LogP contribution in [0, 0.1) is 18.6 Å². The van der Waals surface area contributed by atoms with Crippen LogP contribution in [0.4, 0.5) is 8.78 Å². The maximum Gasteiger partial charge on any atom is 0.280 e. The Labute approximate surface area is 152 Å². The summed E-state index contributed by atoms with van der Waals surface area (Å²) in [5, 5.41) is 11.9. The lowest BCUT2D eigenvalue weighted by atomic mass is 10.0. The number of piperidine rings is 1. The average molecular weight is 374 g/mol. The predicted octanol–water partition coefficient (Wildman–Crippen LogP) is 2.39. The van der Waals surface area contributed by atoms with Gasteiger partial charge < -0.3 is 9.42 Å². The largest absolute Gasteiger partial charge is 0.336 e. The Balaban J connectivity index is 1.51. The number of nitrogens with zero attached hydrogens (tertiary/aromatic N) is 6. The Kier molecular flexibility index (Phi) is 4.38. The van der Waals surface area contributed by atoms with Gasteiger partial charge in [0.05, 0.1) is 12.2 Å². The molecule has 8 nitrogen and oxygen atoms in total. The fourth-order valence-electron chi connectivity index (χ4n) is 3.17. The van der Waals surface area contributed by atoms with E-state index in [-0.39, 0.29) is 17.5 Å². The Hall–Kier alpha value is -3.17. The molecule has 1 aliphatic heterocycles. The second-order valence-electron chi connectivity index (χ2n) is 6.44. The van der Waals surface area contributed by atoms with E-state index in [1.807, 2.05) is 0 Å². The van der Waals surface area contributed by atoms with Crippen molar-refractivity contribution in [3.05, 3.63) is 47.4 Å². The van der Waals surface area contributed by atoms with Gasteiger partial charge in [-0.3, -0.25) is 4.79 Å². The number of benzene rings is 1. The lowest BCUT2D eigenvalue weighted by molar-refractivity contribution is 0.0671. The summed E-state index contributed by atoms with van der Waals surface area (Å²) in [7, 11) is 0. The minimum atomic E-state index is -0.775. The molecule has 1 saturated heterocycles. The van der Waals surface area contributed by atoms with Crippen LogP contribution in [-0.2, 0) is 0 Å². The zero-order chi connectivity index (χ0) is 19.0.